The zero-order valence-electron chi connectivity index (χ0n) is 8.49. The number of thioether (sulfide) groups is 1. The minimum Gasteiger partial charge on any atom is -0.282 e. The fraction of sp³-hybridized carbons (Fsp3) is 0.417. The Hall–Kier alpha value is -0.760. The van der Waals surface area contributed by atoms with Gasteiger partial charge in [-0.1, -0.05) is 31.2 Å². The number of benzene rings is 1. The Kier molecular flexibility index (Phi) is 3.25. The van der Waals surface area contributed by atoms with Crippen molar-refractivity contribution in [3.63, 3.8) is 0 Å². The molecule has 2 heteroatoms. The van der Waals surface area contributed by atoms with Crippen LogP contribution in [0.2, 0.25) is 0 Å². The number of nitrogens with zero attached hydrogens (tertiary/aromatic N) is 1. The Bertz CT molecular complexity index is 344. The number of aliphatic imine (C=N–C) groups is 1. The van der Waals surface area contributed by atoms with E-state index < -0.39 is 0 Å². The van der Waals surface area contributed by atoms with Gasteiger partial charge in [0.1, 0.15) is 0 Å². The summed E-state index contributed by atoms with van der Waals surface area (Å²) in [4.78, 5) is 4.47. The zero-order valence-corrected chi connectivity index (χ0v) is 9.31. The van der Waals surface area contributed by atoms with Gasteiger partial charge in [0.15, 0.2) is 0 Å². The molecule has 0 aromatic heterocycles. The van der Waals surface area contributed by atoms with Crippen LogP contribution in [0.15, 0.2) is 29.3 Å². The van der Waals surface area contributed by atoms with Crippen LogP contribution in [-0.2, 0) is 12.8 Å². The minimum atomic E-state index is 1.01. The molecule has 2 rings (SSSR count). The van der Waals surface area contributed by atoms with Gasteiger partial charge in [-0.05, 0) is 17.5 Å². The van der Waals surface area contributed by atoms with Gasteiger partial charge in [0.2, 0.25) is 0 Å². The zero-order chi connectivity index (χ0) is 9.80. The summed E-state index contributed by atoms with van der Waals surface area (Å²) >= 11 is 1.90. The third kappa shape index (κ3) is 2.38. The number of hydrogen-bond acceptors (Lipinski definition) is 2. The molecule has 0 spiro atoms. The predicted octanol–water partition coefficient (Wildman–Crippen LogP) is 2.94. The van der Waals surface area contributed by atoms with Crippen molar-refractivity contribution in [2.24, 2.45) is 4.99 Å². The van der Waals surface area contributed by atoms with E-state index in [1.807, 2.05) is 11.8 Å². The van der Waals surface area contributed by atoms with Gasteiger partial charge in [0.25, 0.3) is 0 Å². The van der Waals surface area contributed by atoms with Crippen molar-refractivity contribution < 1.29 is 0 Å². The fourth-order valence-corrected chi connectivity index (χ4v) is 2.49. The molecule has 0 N–H and O–H groups in total. The highest BCUT2D eigenvalue weighted by atomic mass is 32.2. The Balaban J connectivity index is 2.08. The van der Waals surface area contributed by atoms with Crippen LogP contribution < -0.4 is 0 Å². The van der Waals surface area contributed by atoms with Crippen molar-refractivity contribution in [2.45, 2.75) is 19.8 Å². The molecule has 1 aliphatic rings. The van der Waals surface area contributed by atoms with E-state index in [9.17, 15) is 0 Å². The molecule has 0 atom stereocenters. The van der Waals surface area contributed by atoms with E-state index in [0.717, 1.165) is 19.4 Å². The van der Waals surface area contributed by atoms with Crippen LogP contribution >= 0.6 is 11.8 Å². The van der Waals surface area contributed by atoms with Gasteiger partial charge in [-0.15, -0.1) is 11.8 Å². The van der Waals surface area contributed by atoms with Crippen LogP contribution in [0.25, 0.3) is 0 Å². The van der Waals surface area contributed by atoms with Crippen molar-refractivity contribution in [1.29, 1.82) is 0 Å². The van der Waals surface area contributed by atoms with Crippen molar-refractivity contribution in [3.05, 3.63) is 35.4 Å². The summed E-state index contributed by atoms with van der Waals surface area (Å²) in [6.07, 6.45) is 2.14. The molecule has 0 fully saturated rings. The van der Waals surface area contributed by atoms with Gasteiger partial charge in [-0.25, -0.2) is 0 Å². The fourth-order valence-electron chi connectivity index (χ4n) is 1.62. The molecule has 1 aliphatic heterocycles. The molecule has 74 valence electrons. The lowest BCUT2D eigenvalue weighted by molar-refractivity contribution is 1.12. The molecule has 0 saturated heterocycles. The molecule has 0 amide bonds. The molecule has 1 aromatic rings. The van der Waals surface area contributed by atoms with Crippen LogP contribution in [-0.4, -0.2) is 17.3 Å². The SMILES string of the molecule is CCc1cccc(CC2=NCCS2)c1. The van der Waals surface area contributed by atoms with Gasteiger partial charge in [-0.2, -0.15) is 0 Å². The Morgan fingerprint density at radius 1 is 1.36 bits per heavy atom. The summed E-state index contributed by atoms with van der Waals surface area (Å²) in [6.45, 7) is 3.20. The summed E-state index contributed by atoms with van der Waals surface area (Å²) in [5.74, 6) is 1.17. The normalized spacial score (nSPS) is 15.6. The lowest BCUT2D eigenvalue weighted by atomic mass is 10.1. The molecule has 1 nitrogen and oxygen atoms in total. The molecule has 0 bridgehead atoms. The minimum absolute atomic E-state index is 1.01. The third-order valence-corrected chi connectivity index (χ3v) is 3.40. The van der Waals surface area contributed by atoms with Crippen LogP contribution in [0.1, 0.15) is 18.1 Å². The summed E-state index contributed by atoms with van der Waals surface area (Å²) < 4.78 is 0. The summed E-state index contributed by atoms with van der Waals surface area (Å²) in [5.41, 5.74) is 2.82. The molecular weight excluding hydrogens is 190 g/mol. The maximum atomic E-state index is 4.47. The van der Waals surface area contributed by atoms with Crippen molar-refractivity contribution in [2.75, 3.05) is 12.3 Å². The largest absolute Gasteiger partial charge is 0.282 e. The monoisotopic (exact) mass is 205 g/mol. The van der Waals surface area contributed by atoms with Crippen LogP contribution in [0.3, 0.4) is 0 Å². The molecule has 0 unspecified atom stereocenters. The van der Waals surface area contributed by atoms with Crippen molar-refractivity contribution in [3.8, 4) is 0 Å². The topological polar surface area (TPSA) is 12.4 Å². The first-order valence-corrected chi connectivity index (χ1v) is 6.11. The summed E-state index contributed by atoms with van der Waals surface area (Å²) in [6, 6.07) is 8.82. The van der Waals surface area contributed by atoms with E-state index in [-0.39, 0.29) is 0 Å². The highest BCUT2D eigenvalue weighted by Gasteiger charge is 2.07. The Morgan fingerprint density at radius 3 is 2.93 bits per heavy atom. The van der Waals surface area contributed by atoms with Crippen molar-refractivity contribution in [1.82, 2.24) is 0 Å². The quantitative estimate of drug-likeness (QED) is 0.739. The first-order chi connectivity index (χ1) is 6.88. The van der Waals surface area contributed by atoms with Gasteiger partial charge < -0.3 is 0 Å². The van der Waals surface area contributed by atoms with E-state index in [1.165, 1.54) is 21.9 Å². The third-order valence-electron chi connectivity index (χ3n) is 2.40. The van der Waals surface area contributed by atoms with Crippen LogP contribution in [0.4, 0.5) is 0 Å². The predicted molar refractivity (Wildman–Crippen MR) is 64.3 cm³/mol. The number of rotatable bonds is 3. The van der Waals surface area contributed by atoms with E-state index in [1.54, 1.807) is 0 Å². The second kappa shape index (κ2) is 4.65. The highest BCUT2D eigenvalue weighted by Crippen LogP contribution is 2.17. The molecule has 0 radical (unpaired) electrons. The highest BCUT2D eigenvalue weighted by molar-refractivity contribution is 8.14. The van der Waals surface area contributed by atoms with Crippen molar-refractivity contribution >= 4 is 16.8 Å². The van der Waals surface area contributed by atoms with E-state index >= 15 is 0 Å². The first kappa shape index (κ1) is 9.78. The maximum absolute atomic E-state index is 4.47. The molecule has 14 heavy (non-hydrogen) atoms. The lowest BCUT2D eigenvalue weighted by Crippen LogP contribution is -1.95. The Labute approximate surface area is 89.6 Å². The summed E-state index contributed by atoms with van der Waals surface area (Å²) in [5, 5.41) is 1.30. The van der Waals surface area contributed by atoms with Gasteiger partial charge in [0, 0.05) is 18.7 Å². The molecule has 0 saturated carbocycles. The summed E-state index contributed by atoms with van der Waals surface area (Å²) in [7, 11) is 0. The average Bonchev–Trinajstić information content (AvgIpc) is 2.71. The number of aryl methyl sites for hydroxylation is 1. The Morgan fingerprint density at radius 2 is 2.21 bits per heavy atom. The average molecular weight is 205 g/mol. The van der Waals surface area contributed by atoms with Crippen LogP contribution in [0, 0.1) is 0 Å². The number of hydrogen-bond donors (Lipinski definition) is 0. The molecule has 1 heterocycles. The van der Waals surface area contributed by atoms with E-state index in [4.69, 9.17) is 0 Å². The second-order valence-electron chi connectivity index (χ2n) is 3.47. The van der Waals surface area contributed by atoms with Gasteiger partial charge in [-0.3, -0.25) is 4.99 Å². The van der Waals surface area contributed by atoms with E-state index in [2.05, 4.69) is 36.2 Å². The maximum Gasteiger partial charge on any atom is 0.0720 e. The molecule has 0 aliphatic carbocycles. The van der Waals surface area contributed by atoms with Gasteiger partial charge in [0.05, 0.1) is 5.04 Å². The smallest absolute Gasteiger partial charge is 0.0720 e. The first-order valence-electron chi connectivity index (χ1n) is 5.12. The second-order valence-corrected chi connectivity index (χ2v) is 4.64. The van der Waals surface area contributed by atoms with E-state index in [0.29, 0.717) is 0 Å². The standard InChI is InChI=1S/C12H15NS/c1-2-10-4-3-5-11(8-10)9-12-13-6-7-14-12/h3-5,8H,2,6-7,9H2,1H3. The lowest BCUT2D eigenvalue weighted by Gasteiger charge is -2.02. The molecule has 1 aromatic carbocycles. The molecular formula is C12H15NS. The van der Waals surface area contributed by atoms with Gasteiger partial charge >= 0.3 is 0 Å². The van der Waals surface area contributed by atoms with Crippen LogP contribution in [0.5, 0.6) is 0 Å².